The van der Waals surface area contributed by atoms with Crippen molar-refractivity contribution in [2.45, 2.75) is 18.9 Å². The largest absolute Gasteiger partial charge is 0.491 e. The second kappa shape index (κ2) is 10.3. The second-order valence-corrected chi connectivity index (χ2v) is 7.63. The lowest BCUT2D eigenvalue weighted by molar-refractivity contribution is -0.137. The van der Waals surface area contributed by atoms with Gasteiger partial charge in [-0.3, -0.25) is 4.79 Å². The lowest BCUT2D eigenvalue weighted by Gasteiger charge is -2.14. The summed E-state index contributed by atoms with van der Waals surface area (Å²) in [5, 5.41) is 14.5. The van der Waals surface area contributed by atoms with Crippen molar-refractivity contribution in [1.82, 2.24) is 5.32 Å². The number of benzene rings is 2. The van der Waals surface area contributed by atoms with Gasteiger partial charge in [0.1, 0.15) is 30.8 Å². The number of carbonyl (C=O) groups is 1. The molecule has 1 unspecified atom stereocenters. The van der Waals surface area contributed by atoms with Crippen LogP contribution in [-0.4, -0.2) is 30.3 Å². The van der Waals surface area contributed by atoms with E-state index in [-0.39, 0.29) is 18.9 Å². The maximum atomic E-state index is 12.6. The molecule has 0 aliphatic carbocycles. The van der Waals surface area contributed by atoms with Gasteiger partial charge in [0.05, 0.1) is 5.56 Å². The van der Waals surface area contributed by atoms with Crippen LogP contribution < -0.4 is 14.8 Å². The van der Waals surface area contributed by atoms with Crippen molar-refractivity contribution in [2.75, 3.05) is 13.2 Å². The SMILES string of the molecule is O=C(NCC(O)COc1ccc(C(F)(F)F)cc1)c1cccc(OCc2cccs2)c1. The fourth-order valence-corrected chi connectivity index (χ4v) is 3.20. The topological polar surface area (TPSA) is 67.8 Å². The number of nitrogens with one attached hydrogen (secondary N) is 1. The Kier molecular flexibility index (Phi) is 7.54. The van der Waals surface area contributed by atoms with Crippen LogP contribution in [0.3, 0.4) is 0 Å². The minimum atomic E-state index is -4.42. The van der Waals surface area contributed by atoms with Crippen LogP contribution >= 0.6 is 11.3 Å². The smallest absolute Gasteiger partial charge is 0.416 e. The first kappa shape index (κ1) is 22.6. The van der Waals surface area contributed by atoms with Crippen LogP contribution in [0.15, 0.2) is 66.0 Å². The van der Waals surface area contributed by atoms with Crippen LogP contribution in [0.1, 0.15) is 20.8 Å². The molecule has 0 saturated carbocycles. The van der Waals surface area contributed by atoms with Crippen molar-refractivity contribution in [3.63, 3.8) is 0 Å². The van der Waals surface area contributed by atoms with Crippen molar-refractivity contribution in [2.24, 2.45) is 0 Å². The highest BCUT2D eigenvalue weighted by molar-refractivity contribution is 7.09. The summed E-state index contributed by atoms with van der Waals surface area (Å²) in [6.45, 7) is 0.137. The molecule has 1 atom stereocenters. The molecule has 0 radical (unpaired) electrons. The van der Waals surface area contributed by atoms with E-state index in [0.717, 1.165) is 17.0 Å². The Morgan fingerprint density at radius 1 is 1.03 bits per heavy atom. The van der Waals surface area contributed by atoms with Crippen molar-refractivity contribution >= 4 is 17.2 Å². The fraction of sp³-hybridized carbons (Fsp3) is 0.227. The zero-order valence-corrected chi connectivity index (χ0v) is 17.1. The molecule has 2 aromatic carbocycles. The van der Waals surface area contributed by atoms with Crippen LogP contribution in [0.4, 0.5) is 13.2 Å². The number of rotatable bonds is 9. The minimum absolute atomic E-state index is 0.0836. The van der Waals surface area contributed by atoms with Crippen molar-refractivity contribution < 1.29 is 32.5 Å². The quantitative estimate of drug-likeness (QED) is 0.502. The molecule has 0 fully saturated rings. The number of thiophene rings is 1. The molecule has 9 heteroatoms. The number of carbonyl (C=O) groups excluding carboxylic acids is 1. The average Bonchev–Trinajstić information content (AvgIpc) is 3.28. The van der Waals surface area contributed by atoms with Gasteiger partial charge in [0, 0.05) is 17.0 Å². The average molecular weight is 451 g/mol. The molecular formula is C22H20F3NO4S. The van der Waals surface area contributed by atoms with Crippen molar-refractivity contribution in [3.05, 3.63) is 82.0 Å². The predicted molar refractivity (Wildman–Crippen MR) is 110 cm³/mol. The van der Waals surface area contributed by atoms with Gasteiger partial charge < -0.3 is 19.9 Å². The fourth-order valence-electron chi connectivity index (χ4n) is 2.58. The van der Waals surface area contributed by atoms with Crippen molar-refractivity contribution in [3.8, 4) is 11.5 Å². The van der Waals surface area contributed by atoms with Crippen LogP contribution in [0.2, 0.25) is 0 Å². The first-order valence-electron chi connectivity index (χ1n) is 9.33. The summed E-state index contributed by atoms with van der Waals surface area (Å²) in [5.74, 6) is 0.344. The van der Waals surface area contributed by atoms with E-state index in [1.165, 1.54) is 12.1 Å². The zero-order chi connectivity index (χ0) is 22.3. The third-order valence-corrected chi connectivity index (χ3v) is 5.03. The van der Waals surface area contributed by atoms with Gasteiger partial charge in [0.15, 0.2) is 0 Å². The van der Waals surface area contributed by atoms with Crippen LogP contribution in [-0.2, 0) is 12.8 Å². The number of amides is 1. The number of hydrogen-bond donors (Lipinski definition) is 2. The van der Waals surface area contributed by atoms with E-state index >= 15 is 0 Å². The third-order valence-electron chi connectivity index (χ3n) is 4.18. The molecule has 1 amide bonds. The Morgan fingerprint density at radius 2 is 1.81 bits per heavy atom. The van der Waals surface area contributed by atoms with E-state index in [2.05, 4.69) is 5.32 Å². The molecule has 31 heavy (non-hydrogen) atoms. The molecule has 2 N–H and O–H groups in total. The maximum absolute atomic E-state index is 12.6. The van der Waals surface area contributed by atoms with Crippen LogP contribution in [0.25, 0.3) is 0 Å². The highest BCUT2D eigenvalue weighted by Gasteiger charge is 2.30. The summed E-state index contributed by atoms with van der Waals surface area (Å²) in [7, 11) is 0. The van der Waals surface area contributed by atoms with Gasteiger partial charge in [-0.1, -0.05) is 12.1 Å². The molecule has 3 rings (SSSR count). The zero-order valence-electron chi connectivity index (χ0n) is 16.3. The van der Waals surface area contributed by atoms with Gasteiger partial charge in [-0.25, -0.2) is 0 Å². The Morgan fingerprint density at radius 3 is 2.48 bits per heavy atom. The molecule has 0 spiro atoms. The van der Waals surface area contributed by atoms with Gasteiger partial charge in [-0.15, -0.1) is 11.3 Å². The van der Waals surface area contributed by atoms with Gasteiger partial charge >= 0.3 is 6.18 Å². The highest BCUT2D eigenvalue weighted by Crippen LogP contribution is 2.30. The number of alkyl halides is 3. The van der Waals surface area contributed by atoms with E-state index in [4.69, 9.17) is 9.47 Å². The standard InChI is InChI=1S/C22H20F3NO4S/c23-22(24,25)16-6-8-18(9-7-16)29-13-17(27)12-26-21(28)15-3-1-4-19(11-15)30-14-20-5-2-10-31-20/h1-11,17,27H,12-14H2,(H,26,28). The monoisotopic (exact) mass is 451 g/mol. The number of hydrogen-bond acceptors (Lipinski definition) is 5. The molecule has 3 aromatic rings. The minimum Gasteiger partial charge on any atom is -0.491 e. The Balaban J connectivity index is 1.44. The molecule has 164 valence electrons. The Labute approximate surface area is 181 Å². The summed E-state index contributed by atoms with van der Waals surface area (Å²) in [5.41, 5.74) is -0.409. The highest BCUT2D eigenvalue weighted by atomic mass is 32.1. The Hall–Kier alpha value is -3.04. The van der Waals surface area contributed by atoms with Gasteiger partial charge in [0.25, 0.3) is 5.91 Å². The number of aliphatic hydroxyl groups excluding tert-OH is 1. The summed E-state index contributed by atoms with van der Waals surface area (Å²) in [6, 6.07) is 14.7. The van der Waals surface area contributed by atoms with Crippen LogP contribution in [0.5, 0.6) is 11.5 Å². The molecule has 0 aliphatic rings. The van der Waals surface area contributed by atoms with Gasteiger partial charge in [-0.2, -0.15) is 13.2 Å². The van der Waals surface area contributed by atoms with E-state index < -0.39 is 23.8 Å². The summed E-state index contributed by atoms with van der Waals surface area (Å²) < 4.78 is 48.6. The van der Waals surface area contributed by atoms with E-state index in [9.17, 15) is 23.1 Å². The lowest BCUT2D eigenvalue weighted by atomic mass is 10.2. The number of ether oxygens (including phenoxy) is 2. The normalized spacial score (nSPS) is 12.3. The summed E-state index contributed by atoms with van der Waals surface area (Å²) in [4.78, 5) is 13.4. The third kappa shape index (κ3) is 7.01. The van der Waals surface area contributed by atoms with E-state index in [0.29, 0.717) is 17.9 Å². The predicted octanol–water partition coefficient (Wildman–Crippen LogP) is 4.52. The summed E-state index contributed by atoms with van der Waals surface area (Å²) in [6.07, 6.45) is -5.46. The summed E-state index contributed by atoms with van der Waals surface area (Å²) >= 11 is 1.57. The van der Waals surface area contributed by atoms with Crippen molar-refractivity contribution in [1.29, 1.82) is 0 Å². The molecule has 5 nitrogen and oxygen atoms in total. The number of halogens is 3. The molecule has 1 heterocycles. The van der Waals surface area contributed by atoms with Gasteiger partial charge in [-0.05, 0) is 53.9 Å². The van der Waals surface area contributed by atoms with Gasteiger partial charge in [0.2, 0.25) is 0 Å². The lowest BCUT2D eigenvalue weighted by Crippen LogP contribution is -2.35. The van der Waals surface area contributed by atoms with Crippen LogP contribution in [0, 0.1) is 0 Å². The number of aliphatic hydroxyl groups is 1. The molecule has 0 saturated heterocycles. The maximum Gasteiger partial charge on any atom is 0.416 e. The van der Waals surface area contributed by atoms with E-state index in [1.807, 2.05) is 17.5 Å². The first-order valence-corrected chi connectivity index (χ1v) is 10.2. The second-order valence-electron chi connectivity index (χ2n) is 6.59. The van der Waals surface area contributed by atoms with E-state index in [1.54, 1.807) is 35.6 Å². The Bertz CT molecular complexity index is 975. The first-order chi connectivity index (χ1) is 14.8. The molecular weight excluding hydrogens is 431 g/mol. The molecule has 1 aromatic heterocycles. The molecule has 0 aliphatic heterocycles. The molecule has 0 bridgehead atoms.